The monoisotopic (exact) mass is 328 g/mol. The van der Waals surface area contributed by atoms with Crippen molar-refractivity contribution in [3.8, 4) is 0 Å². The van der Waals surface area contributed by atoms with Crippen LogP contribution >= 0.6 is 34.9 Å². The lowest BCUT2D eigenvalue weighted by Crippen LogP contribution is -2.41. The van der Waals surface area contributed by atoms with Crippen molar-refractivity contribution in [1.29, 1.82) is 0 Å². The molecule has 2 saturated heterocycles. The van der Waals surface area contributed by atoms with Gasteiger partial charge in [0.15, 0.2) is 0 Å². The molecule has 3 heterocycles. The molecule has 0 spiro atoms. The van der Waals surface area contributed by atoms with Crippen LogP contribution in [0.3, 0.4) is 0 Å². The molecule has 0 saturated carbocycles. The van der Waals surface area contributed by atoms with E-state index in [1.165, 1.54) is 60.5 Å². The number of thiophene rings is 1. The smallest absolute Gasteiger partial charge is 0.0328 e. The van der Waals surface area contributed by atoms with Crippen LogP contribution in [0.1, 0.15) is 11.3 Å². The van der Waals surface area contributed by atoms with Crippen molar-refractivity contribution in [3.05, 3.63) is 22.4 Å². The number of rotatable bonds is 3. The van der Waals surface area contributed by atoms with E-state index in [-0.39, 0.29) is 0 Å². The van der Waals surface area contributed by atoms with Crippen LogP contribution in [-0.2, 0) is 6.54 Å². The van der Waals surface area contributed by atoms with E-state index in [0.29, 0.717) is 0 Å². The summed E-state index contributed by atoms with van der Waals surface area (Å²) >= 11 is 6.20. The molecule has 0 unspecified atom stereocenters. The molecule has 0 N–H and O–H groups in total. The summed E-state index contributed by atoms with van der Waals surface area (Å²) in [5.41, 5.74) is 0. The van der Waals surface area contributed by atoms with E-state index in [0.717, 1.165) is 12.6 Å². The standard InChI is InChI=1S/C15H24N2S3/c1-3-15(20-8-1)11-16-4-2-5-17(7-6-16)14-12-18-9-10-19-13-14/h1,3,8,14H,2,4-7,9-13H2. The van der Waals surface area contributed by atoms with Crippen LogP contribution in [0.5, 0.6) is 0 Å². The highest BCUT2D eigenvalue weighted by Crippen LogP contribution is 2.22. The maximum Gasteiger partial charge on any atom is 0.0328 e. The van der Waals surface area contributed by atoms with E-state index in [2.05, 4.69) is 50.8 Å². The first-order valence-electron chi connectivity index (χ1n) is 7.56. The molecule has 0 aromatic carbocycles. The molecule has 2 aliphatic rings. The molecule has 0 atom stereocenters. The van der Waals surface area contributed by atoms with Crippen LogP contribution in [0.15, 0.2) is 17.5 Å². The Balaban J connectivity index is 1.50. The van der Waals surface area contributed by atoms with Crippen LogP contribution < -0.4 is 0 Å². The first-order valence-corrected chi connectivity index (χ1v) is 10.7. The zero-order valence-electron chi connectivity index (χ0n) is 12.0. The van der Waals surface area contributed by atoms with E-state index >= 15 is 0 Å². The van der Waals surface area contributed by atoms with Crippen LogP contribution in [0.4, 0.5) is 0 Å². The van der Waals surface area contributed by atoms with Gasteiger partial charge in [0.25, 0.3) is 0 Å². The number of hydrogen-bond acceptors (Lipinski definition) is 5. The number of nitrogens with zero attached hydrogens (tertiary/aromatic N) is 2. The third-order valence-corrected chi connectivity index (χ3v) is 7.44. The number of hydrogen-bond donors (Lipinski definition) is 0. The number of thioether (sulfide) groups is 2. The fourth-order valence-corrected chi connectivity index (χ4v) is 6.33. The summed E-state index contributed by atoms with van der Waals surface area (Å²) in [4.78, 5) is 6.92. The molecule has 0 bridgehead atoms. The average molecular weight is 329 g/mol. The summed E-state index contributed by atoms with van der Waals surface area (Å²) in [6.45, 7) is 6.22. The van der Waals surface area contributed by atoms with Crippen molar-refractivity contribution >= 4 is 34.9 Å². The van der Waals surface area contributed by atoms with Gasteiger partial charge >= 0.3 is 0 Å². The van der Waals surface area contributed by atoms with E-state index in [1.54, 1.807) is 0 Å². The maximum absolute atomic E-state index is 2.76. The van der Waals surface area contributed by atoms with E-state index in [4.69, 9.17) is 0 Å². The van der Waals surface area contributed by atoms with Crippen molar-refractivity contribution in [2.75, 3.05) is 49.2 Å². The summed E-state index contributed by atoms with van der Waals surface area (Å²) in [6, 6.07) is 5.25. The fraction of sp³-hybridized carbons (Fsp3) is 0.733. The van der Waals surface area contributed by atoms with Crippen molar-refractivity contribution in [2.24, 2.45) is 0 Å². The Labute approximate surface area is 135 Å². The van der Waals surface area contributed by atoms with Gasteiger partial charge in [0.05, 0.1) is 0 Å². The van der Waals surface area contributed by atoms with Gasteiger partial charge in [-0.15, -0.1) is 11.3 Å². The summed E-state index contributed by atoms with van der Waals surface area (Å²) in [7, 11) is 0. The zero-order valence-corrected chi connectivity index (χ0v) is 14.4. The van der Waals surface area contributed by atoms with E-state index in [9.17, 15) is 0 Å². The van der Waals surface area contributed by atoms with Crippen molar-refractivity contribution < 1.29 is 0 Å². The maximum atomic E-state index is 2.76. The Morgan fingerprint density at radius 3 is 2.65 bits per heavy atom. The lowest BCUT2D eigenvalue weighted by Gasteiger charge is -2.29. The van der Waals surface area contributed by atoms with E-state index in [1.807, 2.05) is 11.3 Å². The van der Waals surface area contributed by atoms with Gasteiger partial charge in [0.2, 0.25) is 0 Å². The zero-order chi connectivity index (χ0) is 13.6. The summed E-state index contributed by atoms with van der Waals surface area (Å²) < 4.78 is 0. The SMILES string of the molecule is c1csc(CN2CCCN(C3CSCCSC3)CC2)c1. The lowest BCUT2D eigenvalue weighted by atomic mass is 10.3. The predicted molar refractivity (Wildman–Crippen MR) is 94.2 cm³/mol. The molecule has 1 aromatic heterocycles. The fourth-order valence-electron chi connectivity index (χ4n) is 2.95. The summed E-state index contributed by atoms with van der Waals surface area (Å²) in [6.07, 6.45) is 1.33. The molecule has 3 rings (SSSR count). The minimum Gasteiger partial charge on any atom is -0.297 e. The topological polar surface area (TPSA) is 6.48 Å². The van der Waals surface area contributed by atoms with Crippen LogP contribution in [-0.4, -0.2) is 65.0 Å². The van der Waals surface area contributed by atoms with Crippen LogP contribution in [0, 0.1) is 0 Å². The molecule has 20 heavy (non-hydrogen) atoms. The Hall–Kier alpha value is 0.320. The molecule has 0 aliphatic carbocycles. The Bertz CT molecular complexity index is 374. The predicted octanol–water partition coefficient (Wildman–Crippen LogP) is 3.10. The van der Waals surface area contributed by atoms with Gasteiger partial charge < -0.3 is 0 Å². The summed E-state index contributed by atoms with van der Waals surface area (Å²) in [5, 5.41) is 2.19. The minimum absolute atomic E-state index is 0.814. The minimum atomic E-state index is 0.814. The van der Waals surface area contributed by atoms with Gasteiger partial charge in [0.1, 0.15) is 0 Å². The average Bonchev–Trinajstić information content (AvgIpc) is 2.70. The second-order valence-electron chi connectivity index (χ2n) is 5.55. The van der Waals surface area contributed by atoms with Crippen molar-refractivity contribution in [2.45, 2.75) is 19.0 Å². The van der Waals surface area contributed by atoms with Gasteiger partial charge in [0, 0.05) is 53.6 Å². The molecular formula is C15H24N2S3. The molecule has 2 nitrogen and oxygen atoms in total. The Kier molecular flexibility index (Phi) is 6.15. The van der Waals surface area contributed by atoms with E-state index < -0.39 is 0 Å². The molecule has 0 amide bonds. The first-order chi connectivity index (χ1) is 9.92. The molecule has 2 fully saturated rings. The van der Waals surface area contributed by atoms with Crippen molar-refractivity contribution in [3.63, 3.8) is 0 Å². The Morgan fingerprint density at radius 1 is 1.05 bits per heavy atom. The van der Waals surface area contributed by atoms with Crippen LogP contribution in [0.25, 0.3) is 0 Å². The largest absolute Gasteiger partial charge is 0.297 e. The quantitative estimate of drug-likeness (QED) is 0.841. The lowest BCUT2D eigenvalue weighted by molar-refractivity contribution is 0.224. The molecule has 2 aliphatic heterocycles. The van der Waals surface area contributed by atoms with Gasteiger partial charge in [-0.2, -0.15) is 23.5 Å². The second-order valence-corrected chi connectivity index (χ2v) is 8.88. The van der Waals surface area contributed by atoms with Gasteiger partial charge in [-0.3, -0.25) is 9.80 Å². The van der Waals surface area contributed by atoms with Crippen molar-refractivity contribution in [1.82, 2.24) is 9.80 Å². The highest BCUT2D eigenvalue weighted by atomic mass is 32.2. The first kappa shape index (κ1) is 15.2. The molecular weight excluding hydrogens is 304 g/mol. The molecule has 112 valence electrons. The van der Waals surface area contributed by atoms with Crippen LogP contribution in [0.2, 0.25) is 0 Å². The Morgan fingerprint density at radius 2 is 1.90 bits per heavy atom. The highest BCUT2D eigenvalue weighted by Gasteiger charge is 2.23. The molecule has 5 heteroatoms. The summed E-state index contributed by atoms with van der Waals surface area (Å²) in [5.74, 6) is 5.38. The van der Waals surface area contributed by atoms with Gasteiger partial charge in [-0.1, -0.05) is 6.07 Å². The third-order valence-electron chi connectivity index (χ3n) is 4.09. The normalized spacial score (nSPS) is 24.4. The van der Waals surface area contributed by atoms with Gasteiger partial charge in [-0.05, 0) is 31.0 Å². The molecule has 1 aromatic rings. The third kappa shape index (κ3) is 4.41. The molecule has 0 radical (unpaired) electrons. The second kappa shape index (κ2) is 8.08. The van der Waals surface area contributed by atoms with Gasteiger partial charge in [-0.25, -0.2) is 0 Å². The highest BCUT2D eigenvalue weighted by molar-refractivity contribution is 8.03.